The van der Waals surface area contributed by atoms with Crippen LogP contribution in [0, 0.1) is 0 Å². The highest BCUT2D eigenvalue weighted by Gasteiger charge is 2.50. The van der Waals surface area contributed by atoms with E-state index in [4.69, 9.17) is 4.74 Å². The fraction of sp³-hybridized carbons (Fsp3) is 0.500. The number of ether oxygens (including phenoxy) is 1. The Morgan fingerprint density at radius 3 is 2.62 bits per heavy atom. The number of hydrogen-bond donors (Lipinski definition) is 0. The molecule has 1 aliphatic carbocycles. The van der Waals surface area contributed by atoms with Crippen LogP contribution in [0.1, 0.15) is 49.8 Å². The first-order chi connectivity index (χ1) is 14.1. The Bertz CT molecular complexity index is 833. The number of nitrogens with zero attached hydrogens (tertiary/aromatic N) is 3. The number of para-hydroxylation sites is 1. The van der Waals surface area contributed by atoms with Crippen molar-refractivity contribution in [3.05, 3.63) is 59.9 Å². The molecule has 0 radical (unpaired) electrons. The average Bonchev–Trinajstić information content (AvgIpc) is 3.40. The van der Waals surface area contributed by atoms with Crippen LogP contribution in [0.5, 0.6) is 5.75 Å². The van der Waals surface area contributed by atoms with Gasteiger partial charge in [-0.15, -0.1) is 0 Å². The van der Waals surface area contributed by atoms with Crippen LogP contribution >= 0.6 is 0 Å². The third-order valence-electron chi connectivity index (χ3n) is 6.28. The van der Waals surface area contributed by atoms with E-state index in [1.54, 1.807) is 11.1 Å². The summed E-state index contributed by atoms with van der Waals surface area (Å²) in [4.78, 5) is 22.1. The zero-order chi connectivity index (χ0) is 20.3. The third-order valence-corrected chi connectivity index (χ3v) is 6.28. The number of amides is 1. The Balaban J connectivity index is 1.66. The number of pyridine rings is 1. The summed E-state index contributed by atoms with van der Waals surface area (Å²) in [5.74, 6) is 1.06. The quantitative estimate of drug-likeness (QED) is 0.745. The highest BCUT2D eigenvalue weighted by atomic mass is 16.5. The molecule has 2 fully saturated rings. The van der Waals surface area contributed by atoms with Gasteiger partial charge in [-0.05, 0) is 63.3 Å². The molecule has 1 aromatic carbocycles. The van der Waals surface area contributed by atoms with Gasteiger partial charge in [-0.3, -0.25) is 14.7 Å². The second kappa shape index (κ2) is 8.54. The van der Waals surface area contributed by atoms with E-state index in [0.29, 0.717) is 12.6 Å². The number of aromatic nitrogens is 1. The van der Waals surface area contributed by atoms with Gasteiger partial charge in [0.2, 0.25) is 5.91 Å². The van der Waals surface area contributed by atoms with Crippen molar-refractivity contribution in [3.8, 4) is 5.75 Å². The first-order valence-electron chi connectivity index (χ1n) is 10.7. The number of benzene rings is 1. The number of hydrogen-bond acceptors (Lipinski definition) is 4. The van der Waals surface area contributed by atoms with Gasteiger partial charge in [-0.1, -0.05) is 24.3 Å². The summed E-state index contributed by atoms with van der Waals surface area (Å²) in [5, 5.41) is 0. The topological polar surface area (TPSA) is 45.7 Å². The van der Waals surface area contributed by atoms with Crippen molar-refractivity contribution in [3.63, 3.8) is 0 Å². The molecule has 4 rings (SSSR count). The monoisotopic (exact) mass is 393 g/mol. The maximum atomic E-state index is 13.4. The number of likely N-dealkylation sites (tertiary alicyclic amines) is 1. The molecule has 1 atom stereocenters. The van der Waals surface area contributed by atoms with Gasteiger partial charge in [0.25, 0.3) is 0 Å². The van der Waals surface area contributed by atoms with Crippen LogP contribution in [-0.4, -0.2) is 47.4 Å². The van der Waals surface area contributed by atoms with Crippen molar-refractivity contribution >= 4 is 5.91 Å². The second-order valence-corrected chi connectivity index (χ2v) is 8.43. The van der Waals surface area contributed by atoms with Gasteiger partial charge in [0.15, 0.2) is 0 Å². The summed E-state index contributed by atoms with van der Waals surface area (Å²) < 4.78 is 6.36. The largest absolute Gasteiger partial charge is 0.490 e. The Labute approximate surface area is 173 Å². The molecule has 154 valence electrons. The first kappa shape index (κ1) is 19.9. The van der Waals surface area contributed by atoms with E-state index in [1.165, 1.54) is 12.8 Å². The average molecular weight is 394 g/mol. The molecular formula is C24H31N3O2. The Kier molecular flexibility index (Phi) is 5.86. The summed E-state index contributed by atoms with van der Waals surface area (Å²) in [6.07, 6.45) is 8.63. The predicted molar refractivity (Wildman–Crippen MR) is 114 cm³/mol. The molecule has 5 heteroatoms. The van der Waals surface area contributed by atoms with Gasteiger partial charge in [0.1, 0.15) is 11.3 Å². The molecule has 1 aliphatic heterocycles. The molecule has 5 nitrogen and oxygen atoms in total. The van der Waals surface area contributed by atoms with E-state index in [-0.39, 0.29) is 5.91 Å². The molecule has 1 amide bonds. The number of carbonyl (C=O) groups is 1. The fourth-order valence-corrected chi connectivity index (χ4v) is 4.85. The lowest BCUT2D eigenvalue weighted by Gasteiger charge is -2.38. The molecule has 0 unspecified atom stereocenters. The maximum Gasteiger partial charge on any atom is 0.248 e. The number of likely N-dealkylation sites (N-methyl/N-ethyl adjacent to an activating group) is 1. The van der Waals surface area contributed by atoms with E-state index >= 15 is 0 Å². The van der Waals surface area contributed by atoms with E-state index in [9.17, 15) is 4.79 Å². The number of carbonyl (C=O) groups excluding carboxylic acids is 1. The minimum atomic E-state index is -0.717. The minimum absolute atomic E-state index is 0.0999. The molecule has 0 bridgehead atoms. The zero-order valence-corrected chi connectivity index (χ0v) is 17.5. The van der Waals surface area contributed by atoms with Crippen molar-refractivity contribution in [2.75, 3.05) is 20.6 Å². The normalized spacial score (nSPS) is 22.7. The van der Waals surface area contributed by atoms with Crippen LogP contribution in [0.2, 0.25) is 0 Å². The summed E-state index contributed by atoms with van der Waals surface area (Å²) in [6.45, 7) is 1.55. The summed E-state index contributed by atoms with van der Waals surface area (Å²) in [6, 6.07) is 14.2. The van der Waals surface area contributed by atoms with Crippen molar-refractivity contribution in [1.29, 1.82) is 0 Å². The van der Waals surface area contributed by atoms with Crippen molar-refractivity contribution in [1.82, 2.24) is 14.8 Å². The lowest BCUT2D eigenvalue weighted by molar-refractivity contribution is -0.141. The molecule has 1 saturated heterocycles. The van der Waals surface area contributed by atoms with Gasteiger partial charge >= 0.3 is 0 Å². The van der Waals surface area contributed by atoms with Gasteiger partial charge < -0.3 is 9.64 Å². The van der Waals surface area contributed by atoms with Gasteiger partial charge in [-0.25, -0.2) is 0 Å². The zero-order valence-electron chi connectivity index (χ0n) is 17.5. The summed E-state index contributed by atoms with van der Waals surface area (Å²) >= 11 is 0. The highest BCUT2D eigenvalue weighted by Crippen LogP contribution is 2.41. The fourth-order valence-electron chi connectivity index (χ4n) is 4.85. The SMILES string of the molecule is CN(C)C(=O)[C@@]1(c2ccccn2)CCCN1Cc1ccccc1OC1CCCC1. The summed E-state index contributed by atoms with van der Waals surface area (Å²) in [5.41, 5.74) is 1.27. The lowest BCUT2D eigenvalue weighted by atomic mass is 9.89. The predicted octanol–water partition coefficient (Wildman–Crippen LogP) is 3.98. The van der Waals surface area contributed by atoms with Crippen molar-refractivity contribution in [2.45, 2.75) is 56.7 Å². The van der Waals surface area contributed by atoms with Crippen molar-refractivity contribution < 1.29 is 9.53 Å². The van der Waals surface area contributed by atoms with E-state index in [2.05, 4.69) is 28.1 Å². The maximum absolute atomic E-state index is 13.4. The van der Waals surface area contributed by atoms with E-state index in [0.717, 1.165) is 49.2 Å². The van der Waals surface area contributed by atoms with Gasteiger partial charge in [0, 0.05) is 32.4 Å². The van der Waals surface area contributed by atoms with Gasteiger partial charge in [0.05, 0.1) is 11.8 Å². The van der Waals surface area contributed by atoms with Crippen LogP contribution in [0.25, 0.3) is 0 Å². The molecule has 2 aliphatic rings. The molecule has 0 spiro atoms. The smallest absolute Gasteiger partial charge is 0.248 e. The molecule has 1 saturated carbocycles. The molecular weight excluding hydrogens is 362 g/mol. The molecule has 29 heavy (non-hydrogen) atoms. The minimum Gasteiger partial charge on any atom is -0.490 e. The third kappa shape index (κ3) is 3.88. The van der Waals surface area contributed by atoms with Crippen LogP contribution in [0.15, 0.2) is 48.7 Å². The van der Waals surface area contributed by atoms with Crippen LogP contribution in [-0.2, 0) is 16.9 Å². The molecule has 2 heterocycles. The standard InChI is InChI=1S/C24H31N3O2/c1-26(2)23(28)24(22-14-7-8-16-25-22)15-9-17-27(24)18-19-10-3-6-13-21(19)29-20-11-4-5-12-20/h3,6-8,10,13-14,16,20H,4-5,9,11-12,15,17-18H2,1-2H3/t24-/m0/s1. The van der Waals surface area contributed by atoms with Crippen LogP contribution < -0.4 is 4.74 Å². The van der Waals surface area contributed by atoms with Crippen LogP contribution in [0.3, 0.4) is 0 Å². The molecule has 0 N–H and O–H groups in total. The lowest BCUT2D eigenvalue weighted by Crippen LogP contribution is -2.52. The highest BCUT2D eigenvalue weighted by molar-refractivity contribution is 5.87. The van der Waals surface area contributed by atoms with E-state index in [1.807, 2.05) is 38.4 Å². The van der Waals surface area contributed by atoms with Crippen LogP contribution in [0.4, 0.5) is 0 Å². The van der Waals surface area contributed by atoms with E-state index < -0.39 is 5.54 Å². The second-order valence-electron chi connectivity index (χ2n) is 8.43. The Morgan fingerprint density at radius 2 is 1.90 bits per heavy atom. The first-order valence-corrected chi connectivity index (χ1v) is 10.7. The number of rotatable bonds is 6. The van der Waals surface area contributed by atoms with Crippen molar-refractivity contribution in [2.24, 2.45) is 0 Å². The Hall–Kier alpha value is -2.40. The summed E-state index contributed by atoms with van der Waals surface area (Å²) in [7, 11) is 3.67. The molecule has 2 aromatic rings. The van der Waals surface area contributed by atoms with Gasteiger partial charge in [-0.2, -0.15) is 0 Å². The Morgan fingerprint density at radius 1 is 1.14 bits per heavy atom. The molecule has 1 aromatic heterocycles.